The molecule has 0 aromatic carbocycles. The van der Waals surface area contributed by atoms with Gasteiger partial charge in [-0.05, 0) is 39.8 Å². The Hall–Kier alpha value is -2.77. The Morgan fingerprint density at radius 3 is 2.60 bits per heavy atom. The van der Waals surface area contributed by atoms with Crippen molar-refractivity contribution in [3.8, 4) is 0 Å². The fourth-order valence-electron chi connectivity index (χ4n) is 2.54. The van der Waals surface area contributed by atoms with Gasteiger partial charge < -0.3 is 19.1 Å². The summed E-state index contributed by atoms with van der Waals surface area (Å²) in [5, 5.41) is 16.0. The highest BCUT2D eigenvalue weighted by Gasteiger charge is 2.32. The van der Waals surface area contributed by atoms with Crippen molar-refractivity contribution in [2.75, 3.05) is 7.11 Å². The van der Waals surface area contributed by atoms with E-state index in [1.807, 2.05) is 0 Å². The van der Waals surface area contributed by atoms with Gasteiger partial charge >= 0.3 is 12.1 Å². The molecule has 0 spiro atoms. The van der Waals surface area contributed by atoms with Crippen molar-refractivity contribution in [1.82, 2.24) is 10.5 Å². The number of allylic oxidation sites excluding steroid dienone is 4. The van der Waals surface area contributed by atoms with E-state index in [1.54, 1.807) is 32.9 Å². The Labute approximate surface area is 145 Å². The molecule has 0 saturated carbocycles. The molecule has 1 unspecified atom stereocenters. The maximum absolute atomic E-state index is 11.9. The number of carbonyl (C=O) groups excluding carboxylic acids is 1. The quantitative estimate of drug-likeness (QED) is 0.858. The fourth-order valence-corrected chi connectivity index (χ4v) is 2.54. The largest absolute Gasteiger partial charge is 0.500 e. The number of aromatic carboxylic acids is 1. The van der Waals surface area contributed by atoms with Gasteiger partial charge in [-0.2, -0.15) is 0 Å². The minimum Gasteiger partial charge on any atom is -0.500 e. The predicted molar refractivity (Wildman–Crippen MR) is 88.1 cm³/mol. The summed E-state index contributed by atoms with van der Waals surface area (Å²) in [6, 6.07) is 0. The zero-order valence-electron chi connectivity index (χ0n) is 14.9. The molecular formula is C17H22N2O6. The highest BCUT2D eigenvalue weighted by Crippen LogP contribution is 2.36. The number of carboxylic acid groups (broad SMARTS) is 1. The van der Waals surface area contributed by atoms with E-state index in [2.05, 4.69) is 10.5 Å². The number of methoxy groups -OCH3 is 1. The van der Waals surface area contributed by atoms with Crippen LogP contribution in [0.15, 0.2) is 28.1 Å². The first-order chi connectivity index (χ1) is 11.6. The van der Waals surface area contributed by atoms with Crippen molar-refractivity contribution in [2.24, 2.45) is 0 Å². The Morgan fingerprint density at radius 2 is 2.04 bits per heavy atom. The molecule has 0 fully saturated rings. The van der Waals surface area contributed by atoms with E-state index in [9.17, 15) is 14.7 Å². The van der Waals surface area contributed by atoms with E-state index in [1.165, 1.54) is 14.0 Å². The monoisotopic (exact) mass is 350 g/mol. The van der Waals surface area contributed by atoms with Gasteiger partial charge in [0, 0.05) is 12.1 Å². The molecule has 0 radical (unpaired) electrons. The number of hydrogen-bond acceptors (Lipinski definition) is 6. The lowest BCUT2D eigenvalue weighted by atomic mass is 9.90. The topological polar surface area (TPSA) is 111 Å². The minimum absolute atomic E-state index is 0.00599. The van der Waals surface area contributed by atoms with Crippen molar-refractivity contribution in [2.45, 2.75) is 45.6 Å². The Morgan fingerprint density at radius 1 is 1.36 bits per heavy atom. The maximum atomic E-state index is 11.9. The number of nitrogens with one attached hydrogen (secondary N) is 1. The van der Waals surface area contributed by atoms with Gasteiger partial charge in [0.2, 0.25) is 0 Å². The van der Waals surface area contributed by atoms with E-state index < -0.39 is 23.6 Å². The molecule has 136 valence electrons. The normalized spacial score (nSPS) is 17.4. The van der Waals surface area contributed by atoms with E-state index in [0.29, 0.717) is 17.9 Å². The second-order valence-electron chi connectivity index (χ2n) is 6.65. The van der Waals surface area contributed by atoms with Crippen LogP contribution < -0.4 is 5.32 Å². The average molecular weight is 350 g/mol. The summed E-state index contributed by atoms with van der Waals surface area (Å²) < 4.78 is 15.6. The number of aromatic nitrogens is 1. The fraction of sp³-hybridized carbons (Fsp3) is 0.471. The summed E-state index contributed by atoms with van der Waals surface area (Å²) in [7, 11) is 1.49. The number of ether oxygens (including phenoxy) is 2. The third kappa shape index (κ3) is 4.40. The summed E-state index contributed by atoms with van der Waals surface area (Å²) >= 11 is 0. The minimum atomic E-state index is -1.12. The number of carboxylic acids is 1. The smallest absolute Gasteiger partial charge is 0.411 e. The molecule has 2 N–H and O–H groups in total. The van der Waals surface area contributed by atoms with Crippen LogP contribution in [0.3, 0.4) is 0 Å². The van der Waals surface area contributed by atoms with Gasteiger partial charge in [0.25, 0.3) is 0 Å². The molecule has 0 bridgehead atoms. The van der Waals surface area contributed by atoms with Gasteiger partial charge in [0.1, 0.15) is 28.4 Å². The van der Waals surface area contributed by atoms with Gasteiger partial charge in [-0.25, -0.2) is 9.59 Å². The summed E-state index contributed by atoms with van der Waals surface area (Å²) in [6.45, 7) is 6.84. The molecular weight excluding hydrogens is 328 g/mol. The summed E-state index contributed by atoms with van der Waals surface area (Å²) in [6.07, 6.45) is 3.07. The number of nitrogens with zero attached hydrogens (tertiary/aromatic N) is 1. The van der Waals surface area contributed by atoms with Gasteiger partial charge in [-0.15, -0.1) is 0 Å². The number of hydrogen-bond donors (Lipinski definition) is 2. The zero-order chi connectivity index (χ0) is 18.8. The van der Waals surface area contributed by atoms with Crippen LogP contribution in [0.5, 0.6) is 0 Å². The highest BCUT2D eigenvalue weighted by atomic mass is 16.6. The number of aryl methyl sites for hydroxylation is 1. The number of rotatable bonds is 4. The molecule has 1 aromatic heterocycles. The molecule has 25 heavy (non-hydrogen) atoms. The molecule has 1 heterocycles. The predicted octanol–water partition coefficient (Wildman–Crippen LogP) is 3.11. The number of alkyl carbamates (subject to hydrolysis) is 1. The van der Waals surface area contributed by atoms with Gasteiger partial charge in [-0.3, -0.25) is 5.32 Å². The number of amides is 1. The van der Waals surface area contributed by atoms with Crippen LogP contribution in [0.1, 0.15) is 54.9 Å². The van der Waals surface area contributed by atoms with Crippen molar-refractivity contribution in [1.29, 1.82) is 0 Å². The highest BCUT2D eigenvalue weighted by molar-refractivity contribution is 5.90. The van der Waals surface area contributed by atoms with Crippen LogP contribution in [0, 0.1) is 6.92 Å². The summed E-state index contributed by atoms with van der Waals surface area (Å²) in [5.41, 5.74) is 0.213. The summed E-state index contributed by atoms with van der Waals surface area (Å²) in [5.74, 6) is -0.858. The van der Waals surface area contributed by atoms with Crippen LogP contribution in [-0.4, -0.2) is 35.0 Å². The van der Waals surface area contributed by atoms with Crippen LogP contribution >= 0.6 is 0 Å². The lowest BCUT2D eigenvalue weighted by Gasteiger charge is -2.25. The van der Waals surface area contributed by atoms with Crippen molar-refractivity contribution in [3.05, 3.63) is 40.6 Å². The Bertz CT molecular complexity index is 739. The van der Waals surface area contributed by atoms with E-state index in [4.69, 9.17) is 14.0 Å². The third-order valence-corrected chi connectivity index (χ3v) is 3.55. The number of carbonyl (C=O) groups is 2. The van der Waals surface area contributed by atoms with E-state index >= 15 is 0 Å². The average Bonchev–Trinajstić information content (AvgIpc) is 2.87. The molecule has 1 amide bonds. The second kappa shape index (κ2) is 7.00. The Kier molecular flexibility index (Phi) is 5.20. The molecule has 0 aliphatic heterocycles. The molecule has 1 atom stereocenters. The van der Waals surface area contributed by atoms with Gasteiger partial charge in [-0.1, -0.05) is 5.16 Å². The van der Waals surface area contributed by atoms with Gasteiger partial charge in [0.05, 0.1) is 13.0 Å². The first-order valence-electron chi connectivity index (χ1n) is 7.76. The third-order valence-electron chi connectivity index (χ3n) is 3.55. The lowest BCUT2D eigenvalue weighted by molar-refractivity contribution is 0.0541. The van der Waals surface area contributed by atoms with E-state index in [-0.39, 0.29) is 17.0 Å². The zero-order valence-corrected chi connectivity index (χ0v) is 14.9. The van der Waals surface area contributed by atoms with Crippen molar-refractivity contribution < 1.29 is 28.7 Å². The molecule has 1 aromatic rings. The molecule has 8 nitrogen and oxygen atoms in total. The van der Waals surface area contributed by atoms with Crippen molar-refractivity contribution in [3.63, 3.8) is 0 Å². The standard InChI is InChI=1S/C17H22N2O6/c1-9-13(15(20)21)14(19-25-9)11-8-10(6-7-12(11)23-5)18-16(22)24-17(2,3)4/h6-7,11H,8H2,1-5H3,(H,18,22)(H,20,21). The van der Waals surface area contributed by atoms with Crippen LogP contribution in [-0.2, 0) is 9.47 Å². The van der Waals surface area contributed by atoms with Crippen LogP contribution in [0.4, 0.5) is 4.79 Å². The molecule has 1 aliphatic rings. The summed E-state index contributed by atoms with van der Waals surface area (Å²) in [4.78, 5) is 23.4. The first-order valence-corrected chi connectivity index (χ1v) is 7.76. The Balaban J connectivity index is 2.25. The SMILES string of the molecule is COC1=CC=C(NC(=O)OC(C)(C)C)CC1c1noc(C)c1C(=O)O. The lowest BCUT2D eigenvalue weighted by Crippen LogP contribution is -2.33. The molecule has 0 saturated heterocycles. The second-order valence-corrected chi connectivity index (χ2v) is 6.65. The maximum Gasteiger partial charge on any atom is 0.411 e. The van der Waals surface area contributed by atoms with Crippen LogP contribution in [0.25, 0.3) is 0 Å². The molecule has 8 heteroatoms. The molecule has 1 aliphatic carbocycles. The van der Waals surface area contributed by atoms with Gasteiger partial charge in [0.15, 0.2) is 0 Å². The molecule has 2 rings (SSSR count). The van der Waals surface area contributed by atoms with E-state index in [0.717, 1.165) is 0 Å². The van der Waals surface area contributed by atoms with Crippen LogP contribution in [0.2, 0.25) is 0 Å². The van der Waals surface area contributed by atoms with Crippen molar-refractivity contribution >= 4 is 12.1 Å². The first kappa shape index (κ1) is 18.6.